The Morgan fingerprint density at radius 3 is 2.77 bits per heavy atom. The molecule has 10 heteroatoms. The summed E-state index contributed by atoms with van der Waals surface area (Å²) in [5.41, 5.74) is -1.52. The number of rotatable bonds is 3. The molecule has 2 heterocycles. The first-order chi connectivity index (χ1) is 14.7. The zero-order valence-corrected chi connectivity index (χ0v) is 17.1. The summed E-state index contributed by atoms with van der Waals surface area (Å²) < 4.78 is 28.9. The van der Waals surface area contributed by atoms with E-state index in [0.29, 0.717) is 11.8 Å². The third kappa shape index (κ3) is 2.86. The van der Waals surface area contributed by atoms with Gasteiger partial charge in [-0.2, -0.15) is 0 Å². The van der Waals surface area contributed by atoms with Crippen molar-refractivity contribution in [2.45, 2.75) is 31.5 Å². The highest BCUT2D eigenvalue weighted by atomic mass is 35.5. The Morgan fingerprint density at radius 2 is 2.03 bits per heavy atom. The first-order valence-electron chi connectivity index (χ1n) is 9.86. The molecule has 1 aliphatic heterocycles. The number of fused-ring (bicyclic) bond motifs is 5. The van der Waals surface area contributed by atoms with E-state index in [2.05, 4.69) is 5.32 Å². The van der Waals surface area contributed by atoms with Gasteiger partial charge >= 0.3 is 0 Å². The second-order valence-corrected chi connectivity index (χ2v) is 8.74. The van der Waals surface area contributed by atoms with Crippen LogP contribution in [0, 0.1) is 23.5 Å². The van der Waals surface area contributed by atoms with E-state index in [9.17, 15) is 28.3 Å². The van der Waals surface area contributed by atoms with E-state index in [1.54, 1.807) is 16.5 Å². The van der Waals surface area contributed by atoms with Crippen LogP contribution < -0.4 is 10.7 Å². The molecule has 1 aromatic heterocycles. The van der Waals surface area contributed by atoms with Crippen molar-refractivity contribution < 1.29 is 23.5 Å². The number of aromatic hydroxyl groups is 1. The Bertz CT molecular complexity index is 1210. The SMILES string of the molecule is CN1C(=O)c2c(O)c(=O)c(C(=O)NCc3ccc(F)c(Cl)c3F)cn2[C@H]2C[C@@H]3C[C@@H]3[C@H]21. The molecule has 0 radical (unpaired) electrons. The van der Waals surface area contributed by atoms with E-state index < -0.39 is 39.6 Å². The largest absolute Gasteiger partial charge is 0.503 e. The van der Waals surface area contributed by atoms with Crippen LogP contribution in [0.3, 0.4) is 0 Å². The van der Waals surface area contributed by atoms with Crippen LogP contribution in [0.4, 0.5) is 8.78 Å². The summed E-state index contributed by atoms with van der Waals surface area (Å²) in [6.07, 6.45) is 3.14. The second kappa shape index (κ2) is 6.78. The number of hydrogen-bond donors (Lipinski definition) is 2. The molecule has 7 nitrogen and oxygen atoms in total. The highest BCUT2D eigenvalue weighted by Crippen LogP contribution is 2.59. The van der Waals surface area contributed by atoms with Crippen LogP contribution in [0.25, 0.3) is 0 Å². The Kier molecular flexibility index (Phi) is 4.37. The molecule has 31 heavy (non-hydrogen) atoms. The molecule has 2 N–H and O–H groups in total. The Balaban J connectivity index is 1.48. The Morgan fingerprint density at radius 1 is 1.29 bits per heavy atom. The maximum atomic E-state index is 14.1. The number of nitrogens with zero attached hydrogens (tertiary/aromatic N) is 2. The minimum Gasteiger partial charge on any atom is -0.503 e. The number of halogens is 3. The molecule has 2 aliphatic carbocycles. The summed E-state index contributed by atoms with van der Waals surface area (Å²) in [5, 5.41) is 12.2. The number of amides is 2. The third-order valence-corrected chi connectivity index (χ3v) is 7.04. The fourth-order valence-electron chi connectivity index (χ4n) is 5.05. The number of benzene rings is 1. The van der Waals surface area contributed by atoms with Crippen molar-refractivity contribution in [3.05, 3.63) is 62.0 Å². The van der Waals surface area contributed by atoms with Gasteiger partial charge in [0.1, 0.15) is 22.2 Å². The lowest BCUT2D eigenvalue weighted by Crippen LogP contribution is -2.49. The number of carbonyl (C=O) groups excluding carboxylic acids is 2. The van der Waals surface area contributed by atoms with Crippen LogP contribution in [0.5, 0.6) is 5.75 Å². The van der Waals surface area contributed by atoms with E-state index in [1.165, 1.54) is 6.20 Å². The van der Waals surface area contributed by atoms with Crippen LogP contribution in [0.2, 0.25) is 5.02 Å². The van der Waals surface area contributed by atoms with Gasteiger partial charge in [0.05, 0.1) is 12.1 Å². The lowest BCUT2D eigenvalue weighted by Gasteiger charge is -2.39. The molecule has 162 valence electrons. The van der Waals surface area contributed by atoms with E-state index in [1.807, 2.05) is 0 Å². The normalized spacial score (nSPS) is 25.7. The molecule has 2 saturated carbocycles. The quantitative estimate of drug-likeness (QED) is 0.704. The van der Waals surface area contributed by atoms with Crippen molar-refractivity contribution in [3.63, 3.8) is 0 Å². The van der Waals surface area contributed by atoms with Crippen molar-refractivity contribution in [2.75, 3.05) is 7.05 Å². The monoisotopic (exact) mass is 449 g/mol. The smallest absolute Gasteiger partial charge is 0.274 e. The molecule has 3 aliphatic rings. The van der Waals surface area contributed by atoms with Gasteiger partial charge < -0.3 is 19.9 Å². The zero-order valence-electron chi connectivity index (χ0n) is 16.4. The molecule has 0 saturated heterocycles. The summed E-state index contributed by atoms with van der Waals surface area (Å²) in [6, 6.07) is 1.93. The fourth-order valence-corrected chi connectivity index (χ4v) is 5.23. The van der Waals surface area contributed by atoms with E-state index in [-0.39, 0.29) is 35.4 Å². The Hall–Kier alpha value is -2.94. The van der Waals surface area contributed by atoms with Gasteiger partial charge in [-0.05, 0) is 30.7 Å². The first-order valence-corrected chi connectivity index (χ1v) is 10.2. The summed E-state index contributed by atoms with van der Waals surface area (Å²) in [5.74, 6) is -3.14. The lowest BCUT2D eigenvalue weighted by molar-refractivity contribution is 0.0581. The van der Waals surface area contributed by atoms with Crippen molar-refractivity contribution in [3.8, 4) is 5.75 Å². The highest BCUT2D eigenvalue weighted by Gasteiger charge is 2.58. The predicted octanol–water partition coefficient (Wildman–Crippen LogP) is 2.45. The van der Waals surface area contributed by atoms with E-state index in [0.717, 1.165) is 25.0 Å². The summed E-state index contributed by atoms with van der Waals surface area (Å²) in [7, 11) is 1.66. The molecule has 5 rings (SSSR count). The topological polar surface area (TPSA) is 91.6 Å². The zero-order chi connectivity index (χ0) is 22.2. The van der Waals surface area contributed by atoms with Gasteiger partial charge in [-0.15, -0.1) is 0 Å². The van der Waals surface area contributed by atoms with Gasteiger partial charge in [-0.25, -0.2) is 8.78 Å². The first kappa shape index (κ1) is 20.0. The fraction of sp³-hybridized carbons (Fsp3) is 0.381. The van der Waals surface area contributed by atoms with Crippen molar-refractivity contribution in [1.82, 2.24) is 14.8 Å². The van der Waals surface area contributed by atoms with E-state index in [4.69, 9.17) is 11.6 Å². The number of pyridine rings is 1. The van der Waals surface area contributed by atoms with Crippen molar-refractivity contribution in [1.29, 1.82) is 0 Å². The molecule has 2 fully saturated rings. The van der Waals surface area contributed by atoms with Crippen LogP contribution >= 0.6 is 11.6 Å². The predicted molar refractivity (Wildman–Crippen MR) is 106 cm³/mol. The minimum atomic E-state index is -1.01. The molecular formula is C21H18ClF2N3O4. The summed E-state index contributed by atoms with van der Waals surface area (Å²) in [6.45, 7) is -0.343. The number of aromatic nitrogens is 1. The van der Waals surface area contributed by atoms with Crippen LogP contribution in [0.15, 0.2) is 23.1 Å². The summed E-state index contributed by atoms with van der Waals surface area (Å²) in [4.78, 5) is 39.7. The molecule has 0 bridgehead atoms. The van der Waals surface area contributed by atoms with Crippen molar-refractivity contribution in [2.24, 2.45) is 11.8 Å². The van der Waals surface area contributed by atoms with Crippen LogP contribution in [0.1, 0.15) is 45.3 Å². The van der Waals surface area contributed by atoms with Crippen LogP contribution in [-0.2, 0) is 6.54 Å². The molecule has 4 atom stereocenters. The maximum absolute atomic E-state index is 14.1. The highest BCUT2D eigenvalue weighted by molar-refractivity contribution is 6.30. The van der Waals surface area contributed by atoms with Crippen molar-refractivity contribution >= 4 is 23.4 Å². The van der Waals surface area contributed by atoms with Gasteiger partial charge in [0.2, 0.25) is 5.43 Å². The Labute approximate surface area is 180 Å². The van der Waals surface area contributed by atoms with Gasteiger partial charge in [-0.1, -0.05) is 17.7 Å². The third-order valence-electron chi connectivity index (χ3n) is 6.69. The lowest BCUT2D eigenvalue weighted by atomic mass is 9.99. The van der Waals surface area contributed by atoms with Gasteiger partial charge in [0, 0.05) is 25.4 Å². The number of carbonyl (C=O) groups is 2. The standard InChI is InChI=1S/C21H18ClF2N3O4/c1-26-16-10-4-9(10)5-13(16)27-7-11(18(28)19(29)17(27)21(26)31)20(30)25-6-8-2-3-12(23)14(22)15(8)24/h2-3,7,9-10,13,16,29H,4-6H2,1H3,(H,25,30)/t9-,10-,13-,16+/m0/s1. The van der Waals surface area contributed by atoms with Gasteiger partial charge in [-0.3, -0.25) is 14.4 Å². The average Bonchev–Trinajstić information content (AvgIpc) is 3.41. The number of hydrogen-bond acceptors (Lipinski definition) is 4. The van der Waals surface area contributed by atoms with E-state index >= 15 is 0 Å². The molecule has 0 spiro atoms. The number of nitrogens with one attached hydrogen (secondary N) is 1. The van der Waals surface area contributed by atoms with Gasteiger partial charge in [0.25, 0.3) is 11.8 Å². The molecule has 1 aromatic carbocycles. The van der Waals surface area contributed by atoms with Crippen LogP contribution in [-0.4, -0.2) is 39.5 Å². The maximum Gasteiger partial charge on any atom is 0.274 e. The summed E-state index contributed by atoms with van der Waals surface area (Å²) >= 11 is 5.55. The molecule has 2 amide bonds. The second-order valence-electron chi connectivity index (χ2n) is 8.36. The number of likely N-dealkylation sites (N-methyl/N-ethyl adjacent to an activating group) is 1. The average molecular weight is 450 g/mol. The van der Waals surface area contributed by atoms with Gasteiger partial charge in [0.15, 0.2) is 11.4 Å². The molecule has 2 aromatic rings. The molecular weight excluding hydrogens is 432 g/mol. The molecule has 0 unspecified atom stereocenters. The minimum absolute atomic E-state index is 0.0433.